The van der Waals surface area contributed by atoms with Gasteiger partial charge in [0.05, 0.1) is 12.5 Å². The Balaban J connectivity index is 1.79. The van der Waals surface area contributed by atoms with Crippen molar-refractivity contribution >= 4 is 5.91 Å². The van der Waals surface area contributed by atoms with Gasteiger partial charge in [-0.1, -0.05) is 41.5 Å². The molecule has 23 heavy (non-hydrogen) atoms. The average Bonchev–Trinajstić information content (AvgIpc) is 2.95. The van der Waals surface area contributed by atoms with Crippen LogP contribution in [-0.4, -0.2) is 17.4 Å². The number of rotatable bonds is 3. The van der Waals surface area contributed by atoms with Crippen molar-refractivity contribution < 1.29 is 9.18 Å². The van der Waals surface area contributed by atoms with E-state index in [1.165, 1.54) is 28.8 Å². The predicted octanol–water partition coefficient (Wildman–Crippen LogP) is 4.35. The molecule has 120 valence electrons. The van der Waals surface area contributed by atoms with Gasteiger partial charge in [0.2, 0.25) is 5.91 Å². The molecule has 0 aromatic heterocycles. The zero-order chi connectivity index (χ0) is 16.4. The summed E-state index contributed by atoms with van der Waals surface area (Å²) in [5.41, 5.74) is 4.41. The second kappa shape index (κ2) is 6.53. The number of hydrogen-bond acceptors (Lipinski definition) is 1. The van der Waals surface area contributed by atoms with Gasteiger partial charge in [-0.05, 0) is 49.9 Å². The van der Waals surface area contributed by atoms with Gasteiger partial charge >= 0.3 is 0 Å². The molecule has 3 rings (SSSR count). The number of benzene rings is 2. The minimum atomic E-state index is -0.289. The van der Waals surface area contributed by atoms with E-state index in [4.69, 9.17) is 0 Å². The first kappa shape index (κ1) is 15.7. The summed E-state index contributed by atoms with van der Waals surface area (Å²) in [6, 6.07) is 13.0. The van der Waals surface area contributed by atoms with Crippen molar-refractivity contribution in [1.82, 2.24) is 4.90 Å². The molecule has 0 spiro atoms. The van der Waals surface area contributed by atoms with Gasteiger partial charge in [-0.25, -0.2) is 4.39 Å². The Labute approximate surface area is 136 Å². The highest BCUT2D eigenvalue weighted by Gasteiger charge is 2.30. The van der Waals surface area contributed by atoms with Crippen LogP contribution in [0.15, 0.2) is 42.5 Å². The maximum atomic E-state index is 13.3. The van der Waals surface area contributed by atoms with Crippen LogP contribution in [0.25, 0.3) is 0 Å². The number of hydrogen-bond donors (Lipinski definition) is 0. The molecule has 0 bridgehead atoms. The fourth-order valence-corrected chi connectivity index (χ4v) is 3.54. The van der Waals surface area contributed by atoms with Crippen LogP contribution < -0.4 is 0 Å². The first-order chi connectivity index (χ1) is 11.0. The largest absolute Gasteiger partial charge is 0.335 e. The second-order valence-electron chi connectivity index (χ2n) is 6.47. The van der Waals surface area contributed by atoms with E-state index >= 15 is 0 Å². The van der Waals surface area contributed by atoms with E-state index in [2.05, 4.69) is 32.0 Å². The Morgan fingerprint density at radius 1 is 1.17 bits per heavy atom. The molecule has 1 aliphatic heterocycles. The highest BCUT2D eigenvalue weighted by molar-refractivity contribution is 5.79. The van der Waals surface area contributed by atoms with Gasteiger partial charge < -0.3 is 4.90 Å². The lowest BCUT2D eigenvalue weighted by atomic mass is 9.99. The van der Waals surface area contributed by atoms with Crippen molar-refractivity contribution in [2.75, 3.05) is 6.54 Å². The molecule has 3 heteroatoms. The van der Waals surface area contributed by atoms with Gasteiger partial charge in [-0.15, -0.1) is 0 Å². The van der Waals surface area contributed by atoms with E-state index in [0.717, 1.165) is 24.9 Å². The molecule has 1 unspecified atom stereocenters. The Hall–Kier alpha value is -2.16. The van der Waals surface area contributed by atoms with Gasteiger partial charge in [-0.2, -0.15) is 0 Å². The van der Waals surface area contributed by atoms with E-state index in [0.29, 0.717) is 0 Å². The summed E-state index contributed by atoms with van der Waals surface area (Å²) >= 11 is 0. The second-order valence-corrected chi connectivity index (χ2v) is 6.47. The zero-order valence-corrected chi connectivity index (χ0v) is 13.7. The van der Waals surface area contributed by atoms with Gasteiger partial charge in [0.25, 0.3) is 0 Å². The molecule has 2 aromatic rings. The summed E-state index contributed by atoms with van der Waals surface area (Å²) < 4.78 is 13.3. The molecule has 1 atom stereocenters. The fourth-order valence-electron chi connectivity index (χ4n) is 3.54. The Bertz CT molecular complexity index is 705. The standard InChI is InChI=1S/C20H22FNO/c1-14-9-15(2)11-17(10-14)19-7-4-8-22(19)20(23)13-16-5-3-6-18(21)12-16/h3,5-6,9-12,19H,4,7-8,13H2,1-2H3. The first-order valence-corrected chi connectivity index (χ1v) is 8.15. The van der Waals surface area contributed by atoms with E-state index in [1.807, 2.05) is 11.0 Å². The van der Waals surface area contributed by atoms with Crippen LogP contribution in [0, 0.1) is 19.7 Å². The molecule has 2 nitrogen and oxygen atoms in total. The average molecular weight is 311 g/mol. The highest BCUT2D eigenvalue weighted by Crippen LogP contribution is 2.33. The Morgan fingerprint density at radius 3 is 2.61 bits per heavy atom. The number of carbonyl (C=O) groups is 1. The fraction of sp³-hybridized carbons (Fsp3) is 0.350. The van der Waals surface area contributed by atoms with Crippen molar-refractivity contribution in [2.24, 2.45) is 0 Å². The molecule has 0 radical (unpaired) electrons. The monoisotopic (exact) mass is 311 g/mol. The van der Waals surface area contributed by atoms with Crippen LogP contribution in [-0.2, 0) is 11.2 Å². The number of amides is 1. The lowest BCUT2D eigenvalue weighted by molar-refractivity contribution is -0.131. The summed E-state index contributed by atoms with van der Waals surface area (Å²) in [7, 11) is 0. The summed E-state index contributed by atoms with van der Waals surface area (Å²) in [5, 5.41) is 0. The Morgan fingerprint density at radius 2 is 1.91 bits per heavy atom. The number of nitrogens with zero attached hydrogens (tertiary/aromatic N) is 1. The molecule has 1 aliphatic rings. The van der Waals surface area contributed by atoms with Crippen LogP contribution in [0.1, 0.15) is 41.1 Å². The van der Waals surface area contributed by atoms with Crippen molar-refractivity contribution in [2.45, 2.75) is 39.2 Å². The zero-order valence-electron chi connectivity index (χ0n) is 13.7. The number of halogens is 1. The summed E-state index contributed by atoms with van der Waals surface area (Å²) in [5.74, 6) is -0.208. The SMILES string of the molecule is Cc1cc(C)cc(C2CCCN2C(=O)Cc2cccc(F)c2)c1. The topological polar surface area (TPSA) is 20.3 Å². The normalized spacial score (nSPS) is 17.5. The first-order valence-electron chi connectivity index (χ1n) is 8.15. The van der Waals surface area contributed by atoms with Crippen molar-refractivity contribution in [3.05, 3.63) is 70.5 Å². The van der Waals surface area contributed by atoms with E-state index in [9.17, 15) is 9.18 Å². The van der Waals surface area contributed by atoms with Gasteiger partial charge in [0, 0.05) is 6.54 Å². The smallest absolute Gasteiger partial charge is 0.227 e. The van der Waals surface area contributed by atoms with Crippen LogP contribution >= 0.6 is 0 Å². The molecule has 0 N–H and O–H groups in total. The summed E-state index contributed by atoms with van der Waals surface area (Å²) in [6.07, 6.45) is 2.28. The minimum Gasteiger partial charge on any atom is -0.335 e. The number of aryl methyl sites for hydroxylation is 2. The third kappa shape index (κ3) is 3.61. The molecule has 1 fully saturated rings. The Kier molecular flexibility index (Phi) is 4.46. The third-order valence-electron chi connectivity index (χ3n) is 4.45. The van der Waals surface area contributed by atoms with Crippen LogP contribution in [0.4, 0.5) is 4.39 Å². The van der Waals surface area contributed by atoms with Crippen molar-refractivity contribution in [3.8, 4) is 0 Å². The minimum absolute atomic E-state index is 0.0808. The summed E-state index contributed by atoms with van der Waals surface area (Å²) in [4.78, 5) is 14.6. The van der Waals surface area contributed by atoms with Crippen LogP contribution in [0.5, 0.6) is 0 Å². The quantitative estimate of drug-likeness (QED) is 0.825. The number of likely N-dealkylation sites (tertiary alicyclic amines) is 1. The van der Waals surface area contributed by atoms with E-state index in [1.54, 1.807) is 6.07 Å². The molecule has 1 amide bonds. The molecule has 0 saturated carbocycles. The van der Waals surface area contributed by atoms with Crippen LogP contribution in [0.3, 0.4) is 0 Å². The summed E-state index contributed by atoms with van der Waals surface area (Å²) in [6.45, 7) is 4.96. The van der Waals surface area contributed by atoms with Gasteiger partial charge in [-0.3, -0.25) is 4.79 Å². The highest BCUT2D eigenvalue weighted by atomic mass is 19.1. The molecular weight excluding hydrogens is 289 g/mol. The van der Waals surface area contributed by atoms with Gasteiger partial charge in [0.15, 0.2) is 0 Å². The molecule has 1 heterocycles. The van der Waals surface area contributed by atoms with E-state index in [-0.39, 0.29) is 24.2 Å². The van der Waals surface area contributed by atoms with Crippen LogP contribution in [0.2, 0.25) is 0 Å². The van der Waals surface area contributed by atoms with E-state index < -0.39 is 0 Å². The molecule has 1 saturated heterocycles. The van der Waals surface area contributed by atoms with Crippen molar-refractivity contribution in [3.63, 3.8) is 0 Å². The third-order valence-corrected chi connectivity index (χ3v) is 4.45. The molecule has 0 aliphatic carbocycles. The maximum absolute atomic E-state index is 13.3. The van der Waals surface area contributed by atoms with Crippen molar-refractivity contribution in [1.29, 1.82) is 0 Å². The lowest BCUT2D eigenvalue weighted by Gasteiger charge is -2.26. The molecule has 2 aromatic carbocycles. The van der Waals surface area contributed by atoms with Gasteiger partial charge in [0.1, 0.15) is 5.82 Å². The lowest BCUT2D eigenvalue weighted by Crippen LogP contribution is -2.31. The predicted molar refractivity (Wildman–Crippen MR) is 89.7 cm³/mol. The molecular formula is C20H22FNO. The number of carbonyl (C=O) groups excluding carboxylic acids is 1. The maximum Gasteiger partial charge on any atom is 0.227 e.